The third-order valence-electron chi connectivity index (χ3n) is 4.45. The number of nitrogens with zero attached hydrogens (tertiary/aromatic N) is 1. The van der Waals surface area contributed by atoms with Gasteiger partial charge in [-0.1, -0.05) is 46.3 Å². The molecule has 0 spiro atoms. The fourth-order valence-electron chi connectivity index (χ4n) is 3.28. The number of nitrogens with one attached hydrogen (secondary N) is 1. The summed E-state index contributed by atoms with van der Waals surface area (Å²) in [4.78, 5) is 2.29. The molecule has 0 aliphatic carbocycles. The molecule has 0 bridgehead atoms. The Morgan fingerprint density at radius 3 is 2.56 bits per heavy atom. The second-order valence-electron chi connectivity index (χ2n) is 6.26. The first kappa shape index (κ1) is 18.4. The van der Waals surface area contributed by atoms with Gasteiger partial charge in [-0.15, -0.1) is 0 Å². The van der Waals surface area contributed by atoms with E-state index in [-0.39, 0.29) is 16.9 Å². The first-order valence-corrected chi connectivity index (χ1v) is 10.3. The molecule has 5 nitrogen and oxygen atoms in total. The SMILES string of the molecule is COc1ccc(Br)cc1S(=O)(=O)N[C@@H]1CN(C)C[C@@H]1c1ccccc1. The van der Waals surface area contributed by atoms with Crippen LogP contribution in [-0.4, -0.2) is 46.6 Å². The van der Waals surface area contributed by atoms with Crippen molar-refractivity contribution in [1.82, 2.24) is 9.62 Å². The largest absolute Gasteiger partial charge is 0.495 e. The summed E-state index contributed by atoms with van der Waals surface area (Å²) < 4.78 is 34.8. The Hall–Kier alpha value is -1.41. The number of ether oxygens (including phenoxy) is 1. The molecule has 1 saturated heterocycles. The lowest BCUT2D eigenvalue weighted by Gasteiger charge is -2.21. The number of hydrogen-bond donors (Lipinski definition) is 1. The van der Waals surface area contributed by atoms with Crippen molar-refractivity contribution < 1.29 is 13.2 Å². The van der Waals surface area contributed by atoms with Crippen molar-refractivity contribution in [3.8, 4) is 5.75 Å². The van der Waals surface area contributed by atoms with E-state index in [1.165, 1.54) is 7.11 Å². The first-order chi connectivity index (χ1) is 11.9. The number of halogens is 1. The lowest BCUT2D eigenvalue weighted by atomic mass is 9.95. The summed E-state index contributed by atoms with van der Waals surface area (Å²) in [5.74, 6) is 0.442. The fraction of sp³-hybridized carbons (Fsp3) is 0.333. The molecular formula is C18H21BrN2O3S. The minimum Gasteiger partial charge on any atom is -0.495 e. The zero-order valence-electron chi connectivity index (χ0n) is 14.1. The zero-order chi connectivity index (χ0) is 18.0. The molecule has 25 heavy (non-hydrogen) atoms. The molecule has 2 aromatic rings. The van der Waals surface area contributed by atoms with Crippen molar-refractivity contribution in [1.29, 1.82) is 0 Å². The van der Waals surface area contributed by atoms with E-state index in [9.17, 15) is 8.42 Å². The van der Waals surface area contributed by atoms with Crippen LogP contribution in [0.4, 0.5) is 0 Å². The molecule has 7 heteroatoms. The van der Waals surface area contributed by atoms with Crippen molar-refractivity contribution >= 4 is 26.0 Å². The maximum atomic E-state index is 13.0. The molecule has 0 unspecified atom stereocenters. The van der Waals surface area contributed by atoms with Gasteiger partial charge >= 0.3 is 0 Å². The molecule has 3 rings (SSSR count). The van der Waals surface area contributed by atoms with Crippen LogP contribution in [0.3, 0.4) is 0 Å². The van der Waals surface area contributed by atoms with Crippen LogP contribution in [0.25, 0.3) is 0 Å². The van der Waals surface area contributed by atoms with Gasteiger partial charge in [0.15, 0.2) is 0 Å². The van der Waals surface area contributed by atoms with Gasteiger partial charge in [-0.25, -0.2) is 13.1 Å². The second-order valence-corrected chi connectivity index (χ2v) is 8.86. The number of likely N-dealkylation sites (tertiary alicyclic amines) is 1. The topological polar surface area (TPSA) is 58.6 Å². The minimum absolute atomic E-state index is 0.110. The number of likely N-dealkylation sites (N-methyl/N-ethyl adjacent to an activating group) is 1. The van der Waals surface area contributed by atoms with Crippen LogP contribution in [0.15, 0.2) is 57.9 Å². The predicted octanol–water partition coefficient (Wildman–Crippen LogP) is 2.83. The summed E-state index contributed by atoms with van der Waals surface area (Å²) in [5, 5.41) is 0. The van der Waals surface area contributed by atoms with Crippen LogP contribution in [0.2, 0.25) is 0 Å². The zero-order valence-corrected chi connectivity index (χ0v) is 16.5. The van der Waals surface area contributed by atoms with Crippen molar-refractivity contribution in [2.24, 2.45) is 0 Å². The van der Waals surface area contributed by atoms with E-state index >= 15 is 0 Å². The van der Waals surface area contributed by atoms with Crippen LogP contribution in [0.1, 0.15) is 11.5 Å². The Morgan fingerprint density at radius 1 is 1.16 bits per heavy atom. The standard InChI is InChI=1S/C18H21BrN2O3S/c1-21-11-15(13-6-4-3-5-7-13)16(12-21)20-25(22,23)18-10-14(19)8-9-17(18)24-2/h3-10,15-16,20H,11-12H2,1-2H3/t15-,16-/m1/s1. The molecule has 1 heterocycles. The van der Waals surface area contributed by atoms with Crippen molar-refractivity contribution in [2.75, 3.05) is 27.2 Å². The van der Waals surface area contributed by atoms with Crippen LogP contribution in [0.5, 0.6) is 5.75 Å². The molecule has 0 saturated carbocycles. The van der Waals surface area contributed by atoms with Gasteiger partial charge in [-0.3, -0.25) is 0 Å². The molecule has 2 aromatic carbocycles. The van der Waals surface area contributed by atoms with Gasteiger partial charge in [-0.2, -0.15) is 0 Å². The molecular weight excluding hydrogens is 404 g/mol. The van der Waals surface area contributed by atoms with E-state index in [0.717, 1.165) is 12.1 Å². The van der Waals surface area contributed by atoms with Gasteiger partial charge in [0.2, 0.25) is 10.0 Å². The molecule has 0 aromatic heterocycles. The average molecular weight is 425 g/mol. The van der Waals surface area contributed by atoms with Crippen molar-refractivity contribution in [3.05, 3.63) is 58.6 Å². The van der Waals surface area contributed by atoms with Crippen molar-refractivity contribution in [3.63, 3.8) is 0 Å². The summed E-state index contributed by atoms with van der Waals surface area (Å²) in [5.41, 5.74) is 1.14. The van der Waals surface area contributed by atoms with Gasteiger partial charge in [0, 0.05) is 29.5 Å². The van der Waals surface area contributed by atoms with E-state index in [0.29, 0.717) is 16.8 Å². The van der Waals surface area contributed by atoms with Crippen LogP contribution >= 0.6 is 15.9 Å². The Bertz CT molecular complexity index is 843. The molecule has 1 aliphatic heterocycles. The summed E-state index contributed by atoms with van der Waals surface area (Å²) in [6, 6.07) is 14.8. The Kier molecular flexibility index (Phi) is 5.48. The number of rotatable bonds is 5. The van der Waals surface area contributed by atoms with E-state index in [4.69, 9.17) is 4.74 Å². The van der Waals surface area contributed by atoms with Crippen LogP contribution < -0.4 is 9.46 Å². The number of methoxy groups -OCH3 is 1. The Morgan fingerprint density at radius 2 is 1.88 bits per heavy atom. The molecule has 1 aliphatic rings. The number of hydrogen-bond acceptors (Lipinski definition) is 4. The summed E-state index contributed by atoms with van der Waals surface area (Å²) in [7, 11) is -0.230. The van der Waals surface area contributed by atoms with Gasteiger partial charge in [-0.05, 0) is 30.8 Å². The Balaban J connectivity index is 1.91. The molecule has 0 amide bonds. The fourth-order valence-corrected chi connectivity index (χ4v) is 5.26. The molecule has 1 N–H and O–H groups in total. The number of sulfonamides is 1. The van der Waals surface area contributed by atoms with Gasteiger partial charge < -0.3 is 9.64 Å². The van der Waals surface area contributed by atoms with E-state index in [2.05, 4.69) is 25.6 Å². The molecule has 134 valence electrons. The van der Waals surface area contributed by atoms with Gasteiger partial charge in [0.05, 0.1) is 7.11 Å². The highest BCUT2D eigenvalue weighted by atomic mass is 79.9. The maximum absolute atomic E-state index is 13.0. The third-order valence-corrected chi connectivity index (χ3v) is 6.46. The predicted molar refractivity (Wildman–Crippen MR) is 101 cm³/mol. The van der Waals surface area contributed by atoms with E-state index in [1.54, 1.807) is 18.2 Å². The van der Waals surface area contributed by atoms with E-state index < -0.39 is 10.0 Å². The lowest BCUT2D eigenvalue weighted by molar-refractivity contribution is 0.399. The minimum atomic E-state index is -3.70. The van der Waals surface area contributed by atoms with Gasteiger partial charge in [0.1, 0.15) is 10.6 Å². The molecule has 0 radical (unpaired) electrons. The monoisotopic (exact) mass is 424 g/mol. The molecule has 2 atom stereocenters. The van der Waals surface area contributed by atoms with Crippen LogP contribution in [-0.2, 0) is 10.0 Å². The lowest BCUT2D eigenvalue weighted by Crippen LogP contribution is -2.39. The average Bonchev–Trinajstić information content (AvgIpc) is 2.95. The highest BCUT2D eigenvalue weighted by Crippen LogP contribution is 2.31. The summed E-state index contributed by atoms with van der Waals surface area (Å²) in [6.07, 6.45) is 0. The normalized spacial score (nSPS) is 21.4. The van der Waals surface area contributed by atoms with Crippen LogP contribution in [0, 0.1) is 0 Å². The highest BCUT2D eigenvalue weighted by Gasteiger charge is 2.35. The third kappa shape index (κ3) is 4.06. The summed E-state index contributed by atoms with van der Waals surface area (Å²) >= 11 is 3.33. The van der Waals surface area contributed by atoms with E-state index in [1.807, 2.05) is 37.4 Å². The highest BCUT2D eigenvalue weighted by molar-refractivity contribution is 9.10. The smallest absolute Gasteiger partial charge is 0.244 e. The maximum Gasteiger partial charge on any atom is 0.244 e. The second kappa shape index (κ2) is 7.45. The first-order valence-electron chi connectivity index (χ1n) is 8.00. The Labute approximate surface area is 157 Å². The summed E-state index contributed by atoms with van der Waals surface area (Å²) in [6.45, 7) is 1.47. The quantitative estimate of drug-likeness (QED) is 0.801. The number of benzene rings is 2. The van der Waals surface area contributed by atoms with Crippen molar-refractivity contribution in [2.45, 2.75) is 16.9 Å². The molecule has 1 fully saturated rings. The van der Waals surface area contributed by atoms with Gasteiger partial charge in [0.25, 0.3) is 0 Å².